The maximum Gasteiger partial charge on any atom is 0.337 e. The molecule has 1 aromatic carbocycles. The Kier molecular flexibility index (Phi) is 3.44. The van der Waals surface area contributed by atoms with Gasteiger partial charge in [0.15, 0.2) is 0 Å². The predicted molar refractivity (Wildman–Crippen MR) is 55.7 cm³/mol. The third kappa shape index (κ3) is 3.09. The molecule has 0 heterocycles. The molecule has 0 aliphatic carbocycles. The molecule has 0 aliphatic heterocycles. The highest BCUT2D eigenvalue weighted by molar-refractivity contribution is 6.15. The molecule has 0 fully saturated rings. The lowest BCUT2D eigenvalue weighted by Gasteiger charge is -2.08. The number of hydrogen-bond donors (Lipinski definition) is 1. The van der Waals surface area contributed by atoms with E-state index in [1.165, 1.54) is 30.5 Å². The summed E-state index contributed by atoms with van der Waals surface area (Å²) in [5.41, 5.74) is 0.623. The first-order valence-electron chi connectivity index (χ1n) is 4.38. The molecule has 0 aliphatic rings. The zero-order valence-corrected chi connectivity index (χ0v) is 8.57. The zero-order valence-electron chi connectivity index (χ0n) is 8.57. The quantitative estimate of drug-likeness (QED) is 0.772. The van der Waals surface area contributed by atoms with E-state index in [0.717, 1.165) is 0 Å². The monoisotopic (exact) mass is 209 g/mol. The topological polar surface area (TPSA) is 40.5 Å². The largest absolute Gasteiger partial charge is 0.478 e. The Morgan fingerprint density at radius 3 is 2.27 bits per heavy atom. The third-order valence-corrected chi connectivity index (χ3v) is 1.77. The predicted octanol–water partition coefficient (Wildman–Crippen LogP) is 1.81. The number of aliphatic carboxylic acids is 1. The number of benzene rings is 1. The van der Waals surface area contributed by atoms with Crippen LogP contribution < -0.4 is 0 Å². The summed E-state index contributed by atoms with van der Waals surface area (Å²) in [4.78, 5) is 12.6. The van der Waals surface area contributed by atoms with Crippen molar-refractivity contribution < 1.29 is 14.3 Å². The van der Waals surface area contributed by atoms with Gasteiger partial charge in [-0.2, -0.15) is 0 Å². The highest BCUT2D eigenvalue weighted by atomic mass is 19.1. The van der Waals surface area contributed by atoms with Crippen LogP contribution in [0.5, 0.6) is 0 Å². The number of carbonyl (C=O) groups is 1. The van der Waals surface area contributed by atoms with Crippen molar-refractivity contribution in [2.75, 3.05) is 14.1 Å². The lowest BCUT2D eigenvalue weighted by atomic mass is 10.1. The molecule has 1 N–H and O–H groups in total. The summed E-state index contributed by atoms with van der Waals surface area (Å²) >= 11 is 0. The van der Waals surface area contributed by atoms with Crippen molar-refractivity contribution in [2.45, 2.75) is 0 Å². The Bertz CT molecular complexity index is 382. The van der Waals surface area contributed by atoms with Gasteiger partial charge in [0.1, 0.15) is 5.82 Å². The van der Waals surface area contributed by atoms with Gasteiger partial charge in [-0.3, -0.25) is 0 Å². The second-order valence-electron chi connectivity index (χ2n) is 3.32. The SMILES string of the molecule is CN(C)C=C(C(=O)O)c1ccc(F)cc1. The van der Waals surface area contributed by atoms with E-state index in [1.807, 2.05) is 0 Å². The van der Waals surface area contributed by atoms with Crippen molar-refractivity contribution in [1.82, 2.24) is 4.90 Å². The zero-order chi connectivity index (χ0) is 11.4. The molecule has 0 radical (unpaired) electrons. The van der Waals surface area contributed by atoms with E-state index in [1.54, 1.807) is 19.0 Å². The van der Waals surface area contributed by atoms with Crippen molar-refractivity contribution in [2.24, 2.45) is 0 Å². The van der Waals surface area contributed by atoms with Crippen molar-refractivity contribution in [3.8, 4) is 0 Å². The third-order valence-electron chi connectivity index (χ3n) is 1.77. The van der Waals surface area contributed by atoms with E-state index in [4.69, 9.17) is 5.11 Å². The standard InChI is InChI=1S/C11H12FNO2/c1-13(2)7-10(11(14)15)8-3-5-9(12)6-4-8/h3-7H,1-2H3,(H,14,15). The van der Waals surface area contributed by atoms with Crippen LogP contribution in [0, 0.1) is 5.82 Å². The van der Waals surface area contributed by atoms with Crippen LogP contribution >= 0.6 is 0 Å². The van der Waals surface area contributed by atoms with Crippen molar-refractivity contribution >= 4 is 11.5 Å². The number of carboxylic acid groups (broad SMARTS) is 1. The fraction of sp³-hybridized carbons (Fsp3) is 0.182. The van der Waals surface area contributed by atoms with Gasteiger partial charge in [0.05, 0.1) is 5.57 Å². The molecule has 0 spiro atoms. The van der Waals surface area contributed by atoms with Crippen LogP contribution in [-0.4, -0.2) is 30.1 Å². The Labute approximate surface area is 87.4 Å². The molecule has 0 saturated carbocycles. The van der Waals surface area contributed by atoms with Crippen molar-refractivity contribution in [1.29, 1.82) is 0 Å². The molecule has 1 rings (SSSR count). The van der Waals surface area contributed by atoms with Crippen LogP contribution in [-0.2, 0) is 4.79 Å². The first kappa shape index (κ1) is 11.2. The van der Waals surface area contributed by atoms with Gasteiger partial charge in [-0.25, -0.2) is 9.18 Å². The molecule has 4 heteroatoms. The number of rotatable bonds is 3. The van der Waals surface area contributed by atoms with Crippen molar-refractivity contribution in [3.63, 3.8) is 0 Å². The summed E-state index contributed by atoms with van der Waals surface area (Å²) in [5, 5.41) is 8.96. The molecule has 80 valence electrons. The van der Waals surface area contributed by atoms with Gasteiger partial charge in [-0.15, -0.1) is 0 Å². The van der Waals surface area contributed by atoms with Gasteiger partial charge in [-0.1, -0.05) is 12.1 Å². The molecule has 15 heavy (non-hydrogen) atoms. The first-order chi connectivity index (χ1) is 7.00. The van der Waals surface area contributed by atoms with Crippen LogP contribution in [0.1, 0.15) is 5.56 Å². The fourth-order valence-electron chi connectivity index (χ4n) is 1.14. The molecule has 1 aromatic rings. The minimum Gasteiger partial charge on any atom is -0.478 e. The Morgan fingerprint density at radius 1 is 1.33 bits per heavy atom. The Morgan fingerprint density at radius 2 is 1.87 bits per heavy atom. The van der Waals surface area contributed by atoms with Gasteiger partial charge in [0.25, 0.3) is 0 Å². The summed E-state index contributed by atoms with van der Waals surface area (Å²) < 4.78 is 12.6. The molecule has 0 saturated heterocycles. The lowest BCUT2D eigenvalue weighted by Crippen LogP contribution is -2.08. The molecule has 0 unspecified atom stereocenters. The number of halogens is 1. The average Bonchev–Trinajstić information content (AvgIpc) is 2.15. The average molecular weight is 209 g/mol. The summed E-state index contributed by atoms with van der Waals surface area (Å²) in [6.07, 6.45) is 1.48. The van der Waals surface area contributed by atoms with E-state index < -0.39 is 5.97 Å². The number of carboxylic acids is 1. The van der Waals surface area contributed by atoms with E-state index >= 15 is 0 Å². The number of nitrogens with zero attached hydrogens (tertiary/aromatic N) is 1. The normalized spacial score (nSPS) is 11.3. The van der Waals surface area contributed by atoms with Gasteiger partial charge in [-0.05, 0) is 17.7 Å². The van der Waals surface area contributed by atoms with Crippen LogP contribution in [0.4, 0.5) is 4.39 Å². The van der Waals surface area contributed by atoms with E-state index in [0.29, 0.717) is 5.56 Å². The molecular formula is C11H12FNO2. The Hall–Kier alpha value is -1.84. The minimum absolute atomic E-state index is 0.139. The molecule has 0 atom stereocenters. The van der Waals surface area contributed by atoms with Crippen LogP contribution in [0.3, 0.4) is 0 Å². The van der Waals surface area contributed by atoms with Gasteiger partial charge >= 0.3 is 5.97 Å². The highest BCUT2D eigenvalue weighted by Gasteiger charge is 2.10. The maximum atomic E-state index is 12.6. The van der Waals surface area contributed by atoms with Gasteiger partial charge < -0.3 is 10.0 Å². The maximum absolute atomic E-state index is 12.6. The smallest absolute Gasteiger partial charge is 0.337 e. The lowest BCUT2D eigenvalue weighted by molar-refractivity contribution is -0.130. The first-order valence-corrected chi connectivity index (χ1v) is 4.38. The van der Waals surface area contributed by atoms with Crippen LogP contribution in [0.25, 0.3) is 5.57 Å². The minimum atomic E-state index is -1.03. The van der Waals surface area contributed by atoms with Gasteiger partial charge in [0, 0.05) is 20.3 Å². The summed E-state index contributed by atoms with van der Waals surface area (Å²) in [7, 11) is 3.46. The molecule has 0 amide bonds. The second-order valence-corrected chi connectivity index (χ2v) is 3.32. The molecule has 0 aromatic heterocycles. The van der Waals surface area contributed by atoms with E-state index in [2.05, 4.69) is 0 Å². The van der Waals surface area contributed by atoms with Crippen LogP contribution in [0.2, 0.25) is 0 Å². The van der Waals surface area contributed by atoms with E-state index in [9.17, 15) is 9.18 Å². The summed E-state index contributed by atoms with van der Waals surface area (Å²) in [6.45, 7) is 0. The number of hydrogen-bond acceptors (Lipinski definition) is 2. The van der Waals surface area contributed by atoms with Crippen LogP contribution in [0.15, 0.2) is 30.5 Å². The summed E-state index contributed by atoms with van der Waals surface area (Å²) in [6, 6.07) is 5.36. The fourth-order valence-corrected chi connectivity index (χ4v) is 1.14. The Balaban J connectivity index is 3.11. The molecular weight excluding hydrogens is 197 g/mol. The van der Waals surface area contributed by atoms with Gasteiger partial charge in [0.2, 0.25) is 0 Å². The molecule has 3 nitrogen and oxygen atoms in total. The van der Waals surface area contributed by atoms with E-state index in [-0.39, 0.29) is 11.4 Å². The highest BCUT2D eigenvalue weighted by Crippen LogP contribution is 2.15. The van der Waals surface area contributed by atoms with Crippen molar-refractivity contribution in [3.05, 3.63) is 41.8 Å². The summed E-state index contributed by atoms with van der Waals surface area (Å²) in [5.74, 6) is -1.41. The second kappa shape index (κ2) is 4.59. The molecule has 0 bridgehead atoms.